The maximum atomic E-state index is 11.5. The highest BCUT2D eigenvalue weighted by molar-refractivity contribution is 5.76. The van der Waals surface area contributed by atoms with E-state index in [9.17, 15) is 4.79 Å². The average Bonchev–Trinajstić information content (AvgIpc) is 2.24. The quantitative estimate of drug-likeness (QED) is 0.639. The second-order valence-electron chi connectivity index (χ2n) is 4.73. The van der Waals surface area contributed by atoms with Crippen LogP contribution in [0.3, 0.4) is 0 Å². The summed E-state index contributed by atoms with van der Waals surface area (Å²) >= 11 is 0. The van der Waals surface area contributed by atoms with Crippen molar-refractivity contribution in [2.45, 2.75) is 33.6 Å². The lowest BCUT2D eigenvalue weighted by atomic mass is 9.93. The fourth-order valence-corrected chi connectivity index (χ4v) is 1.69. The zero-order valence-electron chi connectivity index (χ0n) is 11.0. The van der Waals surface area contributed by atoms with E-state index in [4.69, 9.17) is 9.84 Å². The number of aliphatic hydroxyl groups excluding tert-OH is 1. The first-order chi connectivity index (χ1) is 7.47. The van der Waals surface area contributed by atoms with Crippen molar-refractivity contribution in [3.8, 4) is 0 Å². The van der Waals surface area contributed by atoms with Gasteiger partial charge >= 0.3 is 5.97 Å². The van der Waals surface area contributed by atoms with Crippen LogP contribution in [0.15, 0.2) is 0 Å². The normalized spacial score (nSPS) is 11.9. The van der Waals surface area contributed by atoms with Crippen molar-refractivity contribution in [3.05, 3.63) is 0 Å². The molecule has 0 unspecified atom stereocenters. The topological polar surface area (TPSA) is 49.8 Å². The first-order valence-electron chi connectivity index (χ1n) is 5.89. The molecule has 96 valence electrons. The number of hydrogen-bond donors (Lipinski definition) is 1. The van der Waals surface area contributed by atoms with Crippen LogP contribution in [0.1, 0.15) is 33.6 Å². The molecule has 0 heterocycles. The Labute approximate surface area is 98.6 Å². The summed E-state index contributed by atoms with van der Waals surface area (Å²) in [5.74, 6) is -0.202. The van der Waals surface area contributed by atoms with Gasteiger partial charge in [-0.1, -0.05) is 13.3 Å². The average molecular weight is 231 g/mol. The lowest BCUT2D eigenvalue weighted by molar-refractivity contribution is -0.151. The summed E-state index contributed by atoms with van der Waals surface area (Å²) in [5, 5.41) is 8.97. The zero-order chi connectivity index (χ0) is 12.6. The lowest BCUT2D eigenvalue weighted by Crippen LogP contribution is -2.41. The maximum Gasteiger partial charge on any atom is 0.312 e. The molecular weight excluding hydrogens is 206 g/mol. The molecule has 0 aromatic rings. The molecule has 0 bridgehead atoms. The van der Waals surface area contributed by atoms with Crippen LogP contribution < -0.4 is 0 Å². The van der Waals surface area contributed by atoms with Crippen LogP contribution >= 0.6 is 0 Å². The fourth-order valence-electron chi connectivity index (χ4n) is 1.69. The van der Waals surface area contributed by atoms with Gasteiger partial charge in [-0.2, -0.15) is 0 Å². The molecule has 0 aliphatic heterocycles. The Bertz CT molecular complexity index is 204. The van der Waals surface area contributed by atoms with Gasteiger partial charge in [-0.3, -0.25) is 9.69 Å². The molecule has 16 heavy (non-hydrogen) atoms. The van der Waals surface area contributed by atoms with E-state index in [1.54, 1.807) is 0 Å². The first-order valence-corrected chi connectivity index (χ1v) is 5.89. The van der Waals surface area contributed by atoms with Crippen LogP contribution in [-0.2, 0) is 9.53 Å². The summed E-state index contributed by atoms with van der Waals surface area (Å²) in [7, 11) is 1.41. The Hall–Kier alpha value is -0.610. The Morgan fingerprint density at radius 3 is 2.44 bits per heavy atom. The van der Waals surface area contributed by atoms with Crippen LogP contribution in [0.4, 0.5) is 0 Å². The Morgan fingerprint density at radius 1 is 1.38 bits per heavy atom. The molecule has 0 saturated carbocycles. The van der Waals surface area contributed by atoms with Gasteiger partial charge in [0.1, 0.15) is 0 Å². The smallest absolute Gasteiger partial charge is 0.312 e. The largest absolute Gasteiger partial charge is 0.469 e. The summed E-state index contributed by atoms with van der Waals surface area (Å²) in [6.45, 7) is 8.14. The van der Waals surface area contributed by atoms with E-state index in [0.29, 0.717) is 13.1 Å². The number of esters is 1. The van der Waals surface area contributed by atoms with Crippen LogP contribution in [0.5, 0.6) is 0 Å². The van der Waals surface area contributed by atoms with E-state index < -0.39 is 5.41 Å². The minimum absolute atomic E-state index is 0.126. The Balaban J connectivity index is 4.29. The second kappa shape index (κ2) is 7.63. The van der Waals surface area contributed by atoms with Gasteiger partial charge in [0, 0.05) is 13.1 Å². The lowest BCUT2D eigenvalue weighted by Gasteiger charge is -2.30. The van der Waals surface area contributed by atoms with Crippen molar-refractivity contribution < 1.29 is 14.6 Å². The van der Waals surface area contributed by atoms with Crippen LogP contribution in [0.25, 0.3) is 0 Å². The molecule has 0 atom stereocenters. The molecule has 0 spiro atoms. The van der Waals surface area contributed by atoms with Gasteiger partial charge < -0.3 is 9.84 Å². The van der Waals surface area contributed by atoms with E-state index >= 15 is 0 Å². The van der Waals surface area contributed by atoms with Gasteiger partial charge in [0.05, 0.1) is 19.1 Å². The summed E-state index contributed by atoms with van der Waals surface area (Å²) in [5.41, 5.74) is -0.516. The third kappa shape index (κ3) is 5.47. The molecule has 4 nitrogen and oxygen atoms in total. The third-order valence-corrected chi connectivity index (χ3v) is 2.60. The number of methoxy groups -OCH3 is 1. The number of rotatable bonds is 8. The van der Waals surface area contributed by atoms with Crippen molar-refractivity contribution >= 4 is 5.97 Å². The predicted octanol–water partition coefficient (Wildman–Crippen LogP) is 1.28. The number of ether oxygens (including phenoxy) is 1. The highest BCUT2D eigenvalue weighted by Gasteiger charge is 2.30. The number of aliphatic hydroxyl groups is 1. The number of nitrogens with zero attached hydrogens (tertiary/aromatic N) is 1. The van der Waals surface area contributed by atoms with Gasteiger partial charge in [-0.15, -0.1) is 0 Å². The fraction of sp³-hybridized carbons (Fsp3) is 0.917. The van der Waals surface area contributed by atoms with Crippen molar-refractivity contribution in [1.82, 2.24) is 4.90 Å². The second-order valence-corrected chi connectivity index (χ2v) is 4.73. The highest BCUT2D eigenvalue weighted by atomic mass is 16.5. The van der Waals surface area contributed by atoms with E-state index in [0.717, 1.165) is 19.4 Å². The standard InChI is InChI=1S/C12H25NO3/c1-5-6-7-13(8-9-14)10-12(2,3)11(15)16-4/h14H,5-10H2,1-4H3. The minimum Gasteiger partial charge on any atom is -0.469 e. The van der Waals surface area contributed by atoms with E-state index in [2.05, 4.69) is 11.8 Å². The van der Waals surface area contributed by atoms with Gasteiger partial charge in [-0.25, -0.2) is 0 Å². The summed E-state index contributed by atoms with van der Waals surface area (Å²) in [4.78, 5) is 13.6. The van der Waals surface area contributed by atoms with E-state index in [1.165, 1.54) is 7.11 Å². The molecule has 0 saturated heterocycles. The number of unbranched alkanes of at least 4 members (excludes halogenated alkanes) is 1. The van der Waals surface area contributed by atoms with Crippen molar-refractivity contribution in [3.63, 3.8) is 0 Å². The van der Waals surface area contributed by atoms with Crippen molar-refractivity contribution in [2.24, 2.45) is 5.41 Å². The van der Waals surface area contributed by atoms with E-state index in [1.807, 2.05) is 13.8 Å². The van der Waals surface area contributed by atoms with Gasteiger partial charge in [0.2, 0.25) is 0 Å². The predicted molar refractivity (Wildman–Crippen MR) is 64.2 cm³/mol. The zero-order valence-corrected chi connectivity index (χ0v) is 11.0. The number of hydrogen-bond acceptors (Lipinski definition) is 4. The van der Waals surface area contributed by atoms with E-state index in [-0.39, 0.29) is 12.6 Å². The summed E-state index contributed by atoms with van der Waals surface area (Å²) < 4.78 is 4.77. The number of carbonyl (C=O) groups is 1. The molecule has 0 aliphatic rings. The van der Waals surface area contributed by atoms with Crippen molar-refractivity contribution in [2.75, 3.05) is 33.4 Å². The summed E-state index contributed by atoms with van der Waals surface area (Å²) in [6.07, 6.45) is 2.19. The molecule has 0 rings (SSSR count). The molecule has 4 heteroatoms. The molecular formula is C12H25NO3. The molecule has 0 amide bonds. The Morgan fingerprint density at radius 2 is 2.00 bits per heavy atom. The van der Waals surface area contributed by atoms with Gasteiger partial charge in [-0.05, 0) is 26.8 Å². The molecule has 0 fully saturated rings. The van der Waals surface area contributed by atoms with Crippen LogP contribution in [-0.4, -0.2) is 49.3 Å². The number of carbonyl (C=O) groups excluding carboxylic acids is 1. The van der Waals surface area contributed by atoms with Crippen LogP contribution in [0, 0.1) is 5.41 Å². The highest BCUT2D eigenvalue weighted by Crippen LogP contribution is 2.19. The molecule has 1 N–H and O–H groups in total. The molecule has 0 aromatic carbocycles. The summed E-state index contributed by atoms with van der Waals surface area (Å²) in [6, 6.07) is 0. The minimum atomic E-state index is -0.516. The molecule has 0 radical (unpaired) electrons. The van der Waals surface area contributed by atoms with Gasteiger partial charge in [0.25, 0.3) is 0 Å². The van der Waals surface area contributed by atoms with Crippen LogP contribution in [0.2, 0.25) is 0 Å². The molecule has 0 aromatic heterocycles. The monoisotopic (exact) mass is 231 g/mol. The maximum absolute atomic E-state index is 11.5. The van der Waals surface area contributed by atoms with Gasteiger partial charge in [0.15, 0.2) is 0 Å². The SMILES string of the molecule is CCCCN(CCO)CC(C)(C)C(=O)OC. The third-order valence-electron chi connectivity index (χ3n) is 2.60. The molecule has 0 aliphatic carbocycles. The van der Waals surface area contributed by atoms with Crippen molar-refractivity contribution in [1.29, 1.82) is 0 Å². The first kappa shape index (κ1) is 15.4. The Kier molecular flexibility index (Phi) is 7.34.